The molecule has 3 rings (SSSR count). The normalized spacial score (nSPS) is 14.2. The second kappa shape index (κ2) is 8.05. The van der Waals surface area contributed by atoms with E-state index < -0.39 is 36.1 Å². The van der Waals surface area contributed by atoms with Crippen LogP contribution in [0.3, 0.4) is 0 Å². The van der Waals surface area contributed by atoms with Gasteiger partial charge in [-0.3, -0.25) is 20.2 Å². The smallest absolute Gasteiger partial charge is 0.280 e. The summed E-state index contributed by atoms with van der Waals surface area (Å²) in [5.41, 5.74) is -1.09. The lowest BCUT2D eigenvalue weighted by Gasteiger charge is -2.15. The Bertz CT molecular complexity index is 1030. The van der Waals surface area contributed by atoms with Crippen LogP contribution in [0, 0.1) is 27.2 Å². The Morgan fingerprint density at radius 3 is 2.28 bits per heavy atom. The van der Waals surface area contributed by atoms with Crippen molar-refractivity contribution in [2.45, 2.75) is 31.2 Å². The number of aromatic nitrogens is 2. The number of benzene rings is 1. The minimum Gasteiger partial charge on any atom is -0.341 e. The molecule has 0 saturated carbocycles. The van der Waals surface area contributed by atoms with Crippen molar-refractivity contribution in [1.82, 2.24) is 14.7 Å². The summed E-state index contributed by atoms with van der Waals surface area (Å²) in [5.74, 6) is 0.501. The molecular weight excluding hydrogens is 404 g/mol. The predicted octanol–water partition coefficient (Wildman–Crippen LogP) is 1.68. The van der Waals surface area contributed by atoms with Crippen molar-refractivity contribution in [3.8, 4) is 0 Å². The van der Waals surface area contributed by atoms with Crippen LogP contribution in [0.15, 0.2) is 29.3 Å². The van der Waals surface area contributed by atoms with E-state index in [1.54, 1.807) is 6.07 Å². The molecule has 1 N–H and O–H groups in total. The molecule has 1 aliphatic heterocycles. The van der Waals surface area contributed by atoms with Gasteiger partial charge >= 0.3 is 0 Å². The zero-order valence-electron chi connectivity index (χ0n) is 15.4. The highest BCUT2D eigenvalue weighted by Crippen LogP contribution is 2.31. The first-order chi connectivity index (χ1) is 13.7. The van der Waals surface area contributed by atoms with Crippen LogP contribution in [0.1, 0.15) is 24.1 Å². The van der Waals surface area contributed by atoms with E-state index in [9.17, 15) is 28.6 Å². The van der Waals surface area contributed by atoms with E-state index in [0.29, 0.717) is 11.6 Å². The molecule has 1 fully saturated rings. The minimum absolute atomic E-state index is 0.193. The summed E-state index contributed by atoms with van der Waals surface area (Å²) in [4.78, 5) is 30.6. The van der Waals surface area contributed by atoms with Gasteiger partial charge in [-0.25, -0.2) is 23.1 Å². The van der Waals surface area contributed by atoms with Gasteiger partial charge in [0.2, 0.25) is 16.0 Å². The van der Waals surface area contributed by atoms with Crippen LogP contribution < -0.4 is 9.62 Å². The van der Waals surface area contributed by atoms with Gasteiger partial charge < -0.3 is 4.90 Å². The fraction of sp³-hybridized carbons (Fsp3) is 0.375. The standard InChI is InChI=1S/C16H18N6O6S/c1-11-14(21(23)24)8-13(9-15(11)22(25)26)29(27,28)18-10-12-4-5-17-16(19-12)20-6-2-3-7-20/h4-5,8-9,18H,2-3,6-7,10H2,1H3. The van der Waals surface area contributed by atoms with E-state index in [-0.39, 0.29) is 12.1 Å². The number of anilines is 1. The number of nitro groups is 2. The minimum atomic E-state index is -4.25. The SMILES string of the molecule is Cc1c([N+](=O)[O-])cc(S(=O)(=O)NCc2ccnc(N3CCCC3)n2)cc1[N+](=O)[O-]. The zero-order valence-corrected chi connectivity index (χ0v) is 16.3. The number of sulfonamides is 1. The number of hydrogen-bond donors (Lipinski definition) is 1. The van der Waals surface area contributed by atoms with Crippen LogP contribution in [0.4, 0.5) is 17.3 Å². The van der Waals surface area contributed by atoms with Gasteiger partial charge in [-0.15, -0.1) is 0 Å². The van der Waals surface area contributed by atoms with Crippen LogP contribution in [0.25, 0.3) is 0 Å². The Hall–Kier alpha value is -3.19. The molecule has 0 amide bonds. The van der Waals surface area contributed by atoms with Crippen molar-refractivity contribution >= 4 is 27.3 Å². The highest BCUT2D eigenvalue weighted by Gasteiger charge is 2.28. The third kappa shape index (κ3) is 4.46. The van der Waals surface area contributed by atoms with Crippen LogP contribution in [0.5, 0.6) is 0 Å². The topological polar surface area (TPSA) is 161 Å². The average molecular weight is 422 g/mol. The first-order valence-corrected chi connectivity index (χ1v) is 10.2. The highest BCUT2D eigenvalue weighted by atomic mass is 32.2. The Morgan fingerprint density at radius 1 is 1.14 bits per heavy atom. The van der Waals surface area contributed by atoms with E-state index >= 15 is 0 Å². The monoisotopic (exact) mass is 422 g/mol. The van der Waals surface area contributed by atoms with Crippen molar-refractivity contribution in [3.05, 3.63) is 55.9 Å². The van der Waals surface area contributed by atoms with Gasteiger partial charge in [-0.2, -0.15) is 0 Å². The molecule has 29 heavy (non-hydrogen) atoms. The Balaban J connectivity index is 1.85. The van der Waals surface area contributed by atoms with Crippen LogP contribution >= 0.6 is 0 Å². The van der Waals surface area contributed by atoms with E-state index in [4.69, 9.17) is 0 Å². The van der Waals surface area contributed by atoms with Gasteiger partial charge in [0.15, 0.2) is 0 Å². The molecule has 1 saturated heterocycles. The molecule has 0 spiro atoms. The first kappa shape index (κ1) is 20.5. The fourth-order valence-electron chi connectivity index (χ4n) is 3.00. The average Bonchev–Trinajstić information content (AvgIpc) is 3.21. The lowest BCUT2D eigenvalue weighted by atomic mass is 10.1. The Kier molecular flexibility index (Phi) is 5.70. The van der Waals surface area contributed by atoms with Gasteiger partial charge in [-0.1, -0.05) is 0 Å². The van der Waals surface area contributed by atoms with Crippen molar-refractivity contribution < 1.29 is 18.3 Å². The number of nitrogens with zero attached hydrogens (tertiary/aromatic N) is 5. The predicted molar refractivity (Wildman–Crippen MR) is 102 cm³/mol. The highest BCUT2D eigenvalue weighted by molar-refractivity contribution is 7.89. The molecule has 0 unspecified atom stereocenters. The largest absolute Gasteiger partial charge is 0.341 e. The second-order valence-corrected chi connectivity index (χ2v) is 8.23. The molecule has 2 heterocycles. The van der Waals surface area contributed by atoms with Gasteiger partial charge in [-0.05, 0) is 25.8 Å². The van der Waals surface area contributed by atoms with Crippen molar-refractivity contribution in [1.29, 1.82) is 0 Å². The quantitative estimate of drug-likeness (QED) is 0.516. The van der Waals surface area contributed by atoms with Gasteiger partial charge in [0.05, 0.1) is 27.0 Å². The van der Waals surface area contributed by atoms with Gasteiger partial charge in [0.25, 0.3) is 11.4 Å². The van der Waals surface area contributed by atoms with Crippen molar-refractivity contribution in [2.24, 2.45) is 0 Å². The lowest BCUT2D eigenvalue weighted by Crippen LogP contribution is -2.25. The second-order valence-electron chi connectivity index (χ2n) is 6.47. The Labute approximate surface area is 165 Å². The summed E-state index contributed by atoms with van der Waals surface area (Å²) < 4.78 is 27.5. The van der Waals surface area contributed by atoms with Crippen LogP contribution in [0.2, 0.25) is 0 Å². The summed E-state index contributed by atoms with van der Waals surface area (Å²) in [6.45, 7) is 2.65. The maximum absolute atomic E-state index is 12.6. The summed E-state index contributed by atoms with van der Waals surface area (Å²) in [6, 6.07) is 3.16. The molecule has 1 aromatic heterocycles. The van der Waals surface area contributed by atoms with E-state index in [0.717, 1.165) is 38.1 Å². The van der Waals surface area contributed by atoms with E-state index in [2.05, 4.69) is 14.7 Å². The van der Waals surface area contributed by atoms with Crippen LogP contribution in [-0.4, -0.2) is 41.3 Å². The van der Waals surface area contributed by atoms with Crippen LogP contribution in [-0.2, 0) is 16.6 Å². The third-order valence-electron chi connectivity index (χ3n) is 4.56. The molecule has 2 aromatic rings. The summed E-state index contributed by atoms with van der Waals surface area (Å²) in [7, 11) is -4.25. The molecule has 12 nitrogen and oxygen atoms in total. The molecule has 0 aliphatic carbocycles. The molecule has 0 atom stereocenters. The number of nitro benzene ring substituents is 2. The molecule has 1 aromatic carbocycles. The van der Waals surface area contributed by atoms with Crippen molar-refractivity contribution in [2.75, 3.05) is 18.0 Å². The summed E-state index contributed by atoms with van der Waals surface area (Å²) >= 11 is 0. The number of rotatable bonds is 7. The summed E-state index contributed by atoms with van der Waals surface area (Å²) in [6.07, 6.45) is 3.59. The number of nitrogens with one attached hydrogen (secondary N) is 1. The molecule has 13 heteroatoms. The Morgan fingerprint density at radius 2 is 1.72 bits per heavy atom. The maximum atomic E-state index is 12.6. The fourth-order valence-corrected chi connectivity index (χ4v) is 4.04. The molecule has 0 radical (unpaired) electrons. The van der Waals surface area contributed by atoms with Crippen molar-refractivity contribution in [3.63, 3.8) is 0 Å². The van der Waals surface area contributed by atoms with Gasteiger partial charge in [0, 0.05) is 31.4 Å². The lowest BCUT2D eigenvalue weighted by molar-refractivity contribution is -0.395. The molecule has 1 aliphatic rings. The number of hydrogen-bond acceptors (Lipinski definition) is 9. The van der Waals surface area contributed by atoms with E-state index in [1.807, 2.05) is 4.90 Å². The third-order valence-corrected chi connectivity index (χ3v) is 5.94. The van der Waals surface area contributed by atoms with Gasteiger partial charge in [0.1, 0.15) is 5.56 Å². The zero-order chi connectivity index (χ0) is 21.2. The maximum Gasteiger partial charge on any atom is 0.280 e. The molecule has 0 bridgehead atoms. The summed E-state index contributed by atoms with van der Waals surface area (Å²) in [5, 5.41) is 22.3. The molecule has 154 valence electrons. The van der Waals surface area contributed by atoms with E-state index in [1.165, 1.54) is 13.1 Å². The molecular formula is C16H18N6O6S. The first-order valence-electron chi connectivity index (χ1n) is 8.69.